The molecule has 2 aromatic rings. The van der Waals surface area contributed by atoms with Crippen molar-refractivity contribution >= 4 is 5.78 Å². The number of hydrogen-bond donors (Lipinski definition) is 3. The molecule has 0 aromatic heterocycles. The number of fused-ring (bicyclic) bond motifs is 2. The fourth-order valence-electron chi connectivity index (χ4n) is 2.87. The number of carbonyl (C=O) groups excluding carboxylic acids is 1. The van der Waals surface area contributed by atoms with Gasteiger partial charge in [-0.05, 0) is 49.7 Å². The molecule has 0 bridgehead atoms. The lowest BCUT2D eigenvalue weighted by Crippen LogP contribution is -2.33. The molecule has 4 nitrogen and oxygen atoms in total. The van der Waals surface area contributed by atoms with Gasteiger partial charge in [-0.3, -0.25) is 4.79 Å². The second-order valence-corrected chi connectivity index (χ2v) is 5.32. The van der Waals surface area contributed by atoms with Gasteiger partial charge in [0, 0.05) is 22.3 Å². The van der Waals surface area contributed by atoms with Crippen molar-refractivity contribution in [2.24, 2.45) is 0 Å². The summed E-state index contributed by atoms with van der Waals surface area (Å²) in [5, 5.41) is 30.1. The van der Waals surface area contributed by atoms with Crippen molar-refractivity contribution in [3.8, 4) is 11.5 Å². The number of rotatable bonds is 0. The highest BCUT2D eigenvalue weighted by Gasteiger charge is 2.40. The molecule has 4 heteroatoms. The van der Waals surface area contributed by atoms with Gasteiger partial charge in [0.25, 0.3) is 0 Å². The number of ketones is 1. The lowest BCUT2D eigenvalue weighted by Gasteiger charge is -2.33. The van der Waals surface area contributed by atoms with E-state index in [2.05, 4.69) is 0 Å². The first-order valence-corrected chi connectivity index (χ1v) is 6.27. The Morgan fingerprint density at radius 2 is 1.65 bits per heavy atom. The van der Waals surface area contributed by atoms with Crippen LogP contribution in [-0.2, 0) is 5.60 Å². The van der Waals surface area contributed by atoms with Gasteiger partial charge in [-0.15, -0.1) is 0 Å². The normalized spacial score (nSPS) is 20.4. The zero-order valence-electron chi connectivity index (χ0n) is 11.1. The fourth-order valence-corrected chi connectivity index (χ4v) is 2.87. The van der Waals surface area contributed by atoms with E-state index in [0.717, 1.165) is 0 Å². The number of aryl methyl sites for hydroxylation is 1. The maximum atomic E-state index is 12.6. The molecule has 0 aliphatic heterocycles. The van der Waals surface area contributed by atoms with E-state index in [0.29, 0.717) is 27.8 Å². The number of hydrogen-bond acceptors (Lipinski definition) is 4. The summed E-state index contributed by atoms with van der Waals surface area (Å²) < 4.78 is 0. The van der Waals surface area contributed by atoms with Crippen LogP contribution in [0.1, 0.15) is 39.5 Å². The van der Waals surface area contributed by atoms with Crippen LogP contribution in [0, 0.1) is 6.92 Å². The minimum Gasteiger partial charge on any atom is -0.508 e. The molecule has 0 amide bonds. The molecule has 1 atom stereocenters. The molecule has 0 radical (unpaired) electrons. The van der Waals surface area contributed by atoms with Gasteiger partial charge in [-0.1, -0.05) is 0 Å². The Hall–Kier alpha value is -2.33. The summed E-state index contributed by atoms with van der Waals surface area (Å²) in [5.41, 5.74) is 0.656. The molecule has 3 N–H and O–H groups in total. The predicted octanol–water partition coefficient (Wildman–Crippen LogP) is 2.21. The molecular formula is C16H14O4. The Bertz CT molecular complexity index is 744. The van der Waals surface area contributed by atoms with E-state index in [1.165, 1.54) is 30.3 Å². The topological polar surface area (TPSA) is 77.8 Å². The summed E-state index contributed by atoms with van der Waals surface area (Å²) in [4.78, 5) is 12.6. The minimum atomic E-state index is -1.44. The molecule has 0 heterocycles. The van der Waals surface area contributed by atoms with Crippen LogP contribution in [0.2, 0.25) is 0 Å². The van der Waals surface area contributed by atoms with Gasteiger partial charge in [0.1, 0.15) is 17.1 Å². The molecule has 3 rings (SSSR count). The monoisotopic (exact) mass is 270 g/mol. The Kier molecular flexibility index (Phi) is 2.43. The average molecular weight is 270 g/mol. The van der Waals surface area contributed by atoms with Crippen molar-refractivity contribution in [2.75, 3.05) is 0 Å². The SMILES string of the molecule is Cc1cc(O)cc2c1C(=O)c1ccc(O)cc1C2(C)O. The molecule has 1 aliphatic carbocycles. The zero-order chi connectivity index (χ0) is 14.7. The van der Waals surface area contributed by atoms with Crippen LogP contribution in [-0.4, -0.2) is 21.1 Å². The third-order valence-electron chi connectivity index (χ3n) is 3.84. The van der Waals surface area contributed by atoms with Gasteiger partial charge >= 0.3 is 0 Å². The molecule has 0 fully saturated rings. The average Bonchev–Trinajstić information content (AvgIpc) is 2.35. The molecule has 20 heavy (non-hydrogen) atoms. The summed E-state index contributed by atoms with van der Waals surface area (Å²) in [6.45, 7) is 3.27. The quantitative estimate of drug-likeness (QED) is 0.686. The lowest BCUT2D eigenvalue weighted by molar-refractivity contribution is 0.0858. The van der Waals surface area contributed by atoms with E-state index < -0.39 is 5.60 Å². The van der Waals surface area contributed by atoms with Crippen molar-refractivity contribution in [1.82, 2.24) is 0 Å². The highest BCUT2D eigenvalue weighted by molar-refractivity contribution is 6.14. The van der Waals surface area contributed by atoms with E-state index >= 15 is 0 Å². The van der Waals surface area contributed by atoms with Crippen molar-refractivity contribution < 1.29 is 20.1 Å². The van der Waals surface area contributed by atoms with Crippen LogP contribution in [0.5, 0.6) is 11.5 Å². The van der Waals surface area contributed by atoms with Crippen molar-refractivity contribution in [3.05, 3.63) is 58.1 Å². The third kappa shape index (κ3) is 1.55. The standard InChI is InChI=1S/C16H14O4/c1-8-5-10(18)7-13-14(8)15(19)11-4-3-9(17)6-12(11)16(13,2)20/h3-7,17-18,20H,1-2H3. The van der Waals surface area contributed by atoms with Gasteiger partial charge in [-0.2, -0.15) is 0 Å². The maximum Gasteiger partial charge on any atom is 0.194 e. The third-order valence-corrected chi connectivity index (χ3v) is 3.84. The lowest BCUT2D eigenvalue weighted by atomic mass is 9.74. The summed E-state index contributed by atoms with van der Waals surface area (Å²) in [6.07, 6.45) is 0. The molecule has 2 aromatic carbocycles. The van der Waals surface area contributed by atoms with Gasteiger partial charge in [0.15, 0.2) is 5.78 Å². The molecule has 102 valence electrons. The van der Waals surface area contributed by atoms with Crippen LogP contribution in [0.15, 0.2) is 30.3 Å². The van der Waals surface area contributed by atoms with Crippen molar-refractivity contribution in [2.45, 2.75) is 19.4 Å². The minimum absolute atomic E-state index is 0.00192. The second-order valence-electron chi connectivity index (χ2n) is 5.32. The number of aromatic hydroxyl groups is 2. The zero-order valence-corrected chi connectivity index (χ0v) is 11.1. The Morgan fingerprint density at radius 3 is 2.35 bits per heavy atom. The van der Waals surface area contributed by atoms with E-state index in [4.69, 9.17) is 0 Å². The van der Waals surface area contributed by atoms with Crippen LogP contribution in [0.25, 0.3) is 0 Å². The number of benzene rings is 2. The smallest absolute Gasteiger partial charge is 0.194 e. The van der Waals surface area contributed by atoms with E-state index in [1.54, 1.807) is 13.8 Å². The van der Waals surface area contributed by atoms with Gasteiger partial charge in [-0.25, -0.2) is 0 Å². The molecule has 0 saturated heterocycles. The van der Waals surface area contributed by atoms with Crippen LogP contribution < -0.4 is 0 Å². The summed E-state index contributed by atoms with van der Waals surface area (Å²) >= 11 is 0. The highest BCUT2D eigenvalue weighted by atomic mass is 16.3. The van der Waals surface area contributed by atoms with Gasteiger partial charge < -0.3 is 15.3 Å². The first kappa shape index (κ1) is 12.7. The highest BCUT2D eigenvalue weighted by Crippen LogP contribution is 2.43. The number of carbonyl (C=O) groups is 1. The Labute approximate surface area is 115 Å². The Morgan fingerprint density at radius 1 is 1.00 bits per heavy atom. The first-order chi connectivity index (χ1) is 9.32. The van der Waals surface area contributed by atoms with Crippen molar-refractivity contribution in [1.29, 1.82) is 0 Å². The largest absolute Gasteiger partial charge is 0.508 e. The number of phenols is 2. The summed E-state index contributed by atoms with van der Waals surface area (Å²) in [6, 6.07) is 7.21. The number of aliphatic hydroxyl groups is 1. The second kappa shape index (κ2) is 3.84. The molecule has 0 saturated carbocycles. The van der Waals surface area contributed by atoms with Crippen LogP contribution >= 0.6 is 0 Å². The fraction of sp³-hybridized carbons (Fsp3) is 0.188. The van der Waals surface area contributed by atoms with E-state index in [-0.39, 0.29) is 17.3 Å². The summed E-state index contributed by atoms with van der Waals surface area (Å²) in [5.74, 6) is -0.228. The van der Waals surface area contributed by atoms with Crippen molar-refractivity contribution in [3.63, 3.8) is 0 Å². The summed E-state index contributed by atoms with van der Waals surface area (Å²) in [7, 11) is 0. The number of phenolic OH excluding ortho intramolecular Hbond substituents is 2. The molecule has 1 unspecified atom stereocenters. The Balaban J connectivity index is 2.41. The van der Waals surface area contributed by atoms with E-state index in [1.807, 2.05) is 0 Å². The van der Waals surface area contributed by atoms with Gasteiger partial charge in [0.05, 0.1) is 0 Å². The van der Waals surface area contributed by atoms with Crippen LogP contribution in [0.3, 0.4) is 0 Å². The molecular weight excluding hydrogens is 256 g/mol. The van der Waals surface area contributed by atoms with Crippen LogP contribution in [0.4, 0.5) is 0 Å². The molecule has 0 spiro atoms. The predicted molar refractivity (Wildman–Crippen MR) is 73.1 cm³/mol. The first-order valence-electron chi connectivity index (χ1n) is 6.27. The van der Waals surface area contributed by atoms with E-state index in [9.17, 15) is 20.1 Å². The molecule has 1 aliphatic rings. The maximum absolute atomic E-state index is 12.6. The van der Waals surface area contributed by atoms with Gasteiger partial charge in [0.2, 0.25) is 0 Å².